The first-order valence-electron chi connectivity index (χ1n) is 13.3. The van der Waals surface area contributed by atoms with Gasteiger partial charge in [-0.2, -0.15) is 0 Å². The second kappa shape index (κ2) is 10.4. The van der Waals surface area contributed by atoms with Gasteiger partial charge in [-0.05, 0) is 24.3 Å². The van der Waals surface area contributed by atoms with Crippen LogP contribution in [0.3, 0.4) is 0 Å². The molecule has 0 atom stereocenters. The summed E-state index contributed by atoms with van der Waals surface area (Å²) in [5, 5.41) is 0.573. The monoisotopic (exact) mass is 529 g/mol. The van der Waals surface area contributed by atoms with E-state index in [1.807, 2.05) is 140 Å². The van der Waals surface area contributed by atoms with E-state index in [1.54, 1.807) is 4.57 Å². The van der Waals surface area contributed by atoms with Crippen molar-refractivity contribution in [1.82, 2.24) is 24.5 Å². The molecule has 0 radical (unpaired) electrons. The van der Waals surface area contributed by atoms with Gasteiger partial charge in [0.15, 0.2) is 17.5 Å². The zero-order valence-corrected chi connectivity index (χ0v) is 21.9. The topological polar surface area (TPSA) is 73.6 Å². The number of hydrogen-bond donors (Lipinski definition) is 0. The Bertz CT molecular complexity index is 1980. The number of rotatable bonds is 5. The van der Waals surface area contributed by atoms with Gasteiger partial charge in [-0.1, -0.05) is 115 Å². The molecule has 0 unspecified atom stereocenters. The number of fused-ring (bicyclic) bond motifs is 1. The summed E-state index contributed by atoms with van der Waals surface area (Å²) in [4.78, 5) is 33.0. The van der Waals surface area contributed by atoms with E-state index in [1.165, 1.54) is 0 Å². The van der Waals surface area contributed by atoms with Crippen molar-refractivity contribution in [2.75, 3.05) is 0 Å². The van der Waals surface area contributed by atoms with Gasteiger partial charge >= 0.3 is 0 Å². The van der Waals surface area contributed by atoms with Gasteiger partial charge in [0.1, 0.15) is 5.82 Å². The van der Waals surface area contributed by atoms with Crippen molar-refractivity contribution in [1.29, 1.82) is 0 Å². The fourth-order valence-corrected chi connectivity index (χ4v) is 4.85. The summed E-state index contributed by atoms with van der Waals surface area (Å²) >= 11 is 0. The largest absolute Gasteiger partial charge is 0.268 e. The van der Waals surface area contributed by atoms with Gasteiger partial charge in [-0.25, -0.2) is 19.9 Å². The molecule has 2 aromatic heterocycles. The molecule has 7 rings (SSSR count). The van der Waals surface area contributed by atoms with Crippen LogP contribution >= 0.6 is 0 Å². The lowest BCUT2D eigenvalue weighted by Gasteiger charge is -2.14. The van der Waals surface area contributed by atoms with Gasteiger partial charge in [0.25, 0.3) is 5.56 Å². The molecule has 0 aliphatic carbocycles. The van der Waals surface area contributed by atoms with Crippen LogP contribution in [0.15, 0.2) is 144 Å². The van der Waals surface area contributed by atoms with Gasteiger partial charge in [-0.3, -0.25) is 9.36 Å². The molecular weight excluding hydrogens is 506 g/mol. The summed E-state index contributed by atoms with van der Waals surface area (Å²) in [6, 6.07) is 44.6. The third-order valence-electron chi connectivity index (χ3n) is 6.89. The Labute approximate surface area is 236 Å². The van der Waals surface area contributed by atoms with Crippen LogP contribution in [0.25, 0.3) is 62.1 Å². The first kappa shape index (κ1) is 24.3. The van der Waals surface area contributed by atoms with Gasteiger partial charge < -0.3 is 0 Å². The molecule has 0 aliphatic rings. The predicted molar refractivity (Wildman–Crippen MR) is 162 cm³/mol. The average Bonchev–Trinajstić information content (AvgIpc) is 3.06. The minimum Gasteiger partial charge on any atom is -0.268 e. The van der Waals surface area contributed by atoms with E-state index >= 15 is 0 Å². The van der Waals surface area contributed by atoms with Gasteiger partial charge in [-0.15, -0.1) is 0 Å². The molecule has 0 saturated carbocycles. The maximum Gasteiger partial charge on any atom is 0.266 e. The molecular formula is C35H23N5O. The molecule has 6 heteroatoms. The van der Waals surface area contributed by atoms with E-state index < -0.39 is 0 Å². The van der Waals surface area contributed by atoms with Crippen molar-refractivity contribution in [3.63, 3.8) is 0 Å². The standard InChI is InChI=1S/C35H23N5O/c41-35-29-18-10-11-19-30(29)36-34(40(35)28-16-8-3-9-17-28)27-22-20-26(21-23-27)33-38-31(24-12-4-1-5-13-24)37-32(39-33)25-14-6-2-7-15-25/h1-23H. The highest BCUT2D eigenvalue weighted by Gasteiger charge is 2.16. The summed E-state index contributed by atoms with van der Waals surface area (Å²) in [6.45, 7) is 0. The normalized spacial score (nSPS) is 11.0. The fourth-order valence-electron chi connectivity index (χ4n) is 4.85. The lowest BCUT2D eigenvalue weighted by Crippen LogP contribution is -2.21. The van der Waals surface area contributed by atoms with E-state index in [-0.39, 0.29) is 5.56 Å². The van der Waals surface area contributed by atoms with Crippen LogP contribution in [0.4, 0.5) is 0 Å². The third kappa shape index (κ3) is 4.68. The maximum atomic E-state index is 13.7. The zero-order chi connectivity index (χ0) is 27.6. The van der Waals surface area contributed by atoms with Crippen molar-refractivity contribution in [2.24, 2.45) is 0 Å². The molecule has 194 valence electrons. The second-order valence-corrected chi connectivity index (χ2v) is 9.54. The number of aromatic nitrogens is 5. The van der Waals surface area contributed by atoms with E-state index in [2.05, 4.69) is 0 Å². The second-order valence-electron chi connectivity index (χ2n) is 9.54. The molecule has 0 fully saturated rings. The molecule has 0 bridgehead atoms. The molecule has 6 nitrogen and oxygen atoms in total. The van der Waals surface area contributed by atoms with Gasteiger partial charge in [0.2, 0.25) is 0 Å². The summed E-state index contributed by atoms with van der Waals surface area (Å²) in [7, 11) is 0. The van der Waals surface area contributed by atoms with Crippen LogP contribution in [0.1, 0.15) is 0 Å². The predicted octanol–water partition coefficient (Wildman–Crippen LogP) is 7.24. The lowest BCUT2D eigenvalue weighted by atomic mass is 10.1. The Morgan fingerprint density at radius 3 is 1.41 bits per heavy atom. The molecule has 2 heterocycles. The van der Waals surface area contributed by atoms with Crippen molar-refractivity contribution >= 4 is 10.9 Å². The zero-order valence-electron chi connectivity index (χ0n) is 21.9. The van der Waals surface area contributed by atoms with Crippen LogP contribution in [0.2, 0.25) is 0 Å². The Morgan fingerprint density at radius 1 is 0.415 bits per heavy atom. The fraction of sp³-hybridized carbons (Fsp3) is 0. The first-order valence-corrected chi connectivity index (χ1v) is 13.3. The Kier molecular flexibility index (Phi) is 6.18. The number of benzene rings is 5. The minimum absolute atomic E-state index is 0.113. The van der Waals surface area contributed by atoms with E-state index in [9.17, 15) is 4.79 Å². The van der Waals surface area contributed by atoms with Gasteiger partial charge in [0, 0.05) is 22.3 Å². The van der Waals surface area contributed by atoms with E-state index in [0.29, 0.717) is 34.2 Å². The van der Waals surface area contributed by atoms with Crippen LogP contribution in [0.5, 0.6) is 0 Å². The minimum atomic E-state index is -0.113. The molecule has 0 N–H and O–H groups in total. The van der Waals surface area contributed by atoms with Crippen molar-refractivity contribution in [2.45, 2.75) is 0 Å². The molecule has 0 spiro atoms. The molecule has 5 aromatic carbocycles. The van der Waals surface area contributed by atoms with Gasteiger partial charge in [0.05, 0.1) is 16.6 Å². The number of hydrogen-bond acceptors (Lipinski definition) is 5. The SMILES string of the molecule is O=c1c2ccccc2nc(-c2ccc(-c3nc(-c4ccccc4)nc(-c4ccccc4)n3)cc2)n1-c1ccccc1. The van der Waals surface area contributed by atoms with E-state index in [0.717, 1.165) is 27.9 Å². The molecule has 0 amide bonds. The average molecular weight is 530 g/mol. The Hall–Kier alpha value is -5.75. The summed E-state index contributed by atoms with van der Waals surface area (Å²) in [5.74, 6) is 2.34. The highest BCUT2D eigenvalue weighted by atomic mass is 16.1. The lowest BCUT2D eigenvalue weighted by molar-refractivity contribution is 0.976. The summed E-state index contributed by atoms with van der Waals surface area (Å²) < 4.78 is 1.67. The van der Waals surface area contributed by atoms with Crippen LogP contribution in [-0.4, -0.2) is 24.5 Å². The first-order chi connectivity index (χ1) is 20.2. The van der Waals surface area contributed by atoms with E-state index in [4.69, 9.17) is 19.9 Å². The quantitative estimate of drug-likeness (QED) is 0.235. The maximum absolute atomic E-state index is 13.7. The highest BCUT2D eigenvalue weighted by Crippen LogP contribution is 2.27. The smallest absolute Gasteiger partial charge is 0.266 e. The van der Waals surface area contributed by atoms with Crippen molar-refractivity contribution in [3.8, 4) is 51.2 Å². The van der Waals surface area contributed by atoms with Crippen molar-refractivity contribution in [3.05, 3.63) is 150 Å². The Balaban J connectivity index is 1.37. The number of nitrogens with zero attached hydrogens (tertiary/aromatic N) is 5. The van der Waals surface area contributed by atoms with Crippen molar-refractivity contribution < 1.29 is 0 Å². The Morgan fingerprint density at radius 2 is 0.854 bits per heavy atom. The summed E-state index contributed by atoms with van der Waals surface area (Å²) in [5.41, 5.74) is 4.77. The van der Waals surface area contributed by atoms with Crippen LogP contribution in [-0.2, 0) is 0 Å². The summed E-state index contributed by atoms with van der Waals surface area (Å²) in [6.07, 6.45) is 0. The molecule has 41 heavy (non-hydrogen) atoms. The van der Waals surface area contributed by atoms with Crippen LogP contribution < -0.4 is 5.56 Å². The number of para-hydroxylation sites is 2. The highest BCUT2D eigenvalue weighted by molar-refractivity contribution is 5.81. The van der Waals surface area contributed by atoms with Crippen LogP contribution in [0, 0.1) is 0 Å². The molecule has 0 saturated heterocycles. The third-order valence-corrected chi connectivity index (χ3v) is 6.89. The molecule has 7 aromatic rings. The molecule has 0 aliphatic heterocycles.